The maximum absolute atomic E-state index is 14.9. The highest BCUT2D eigenvalue weighted by atomic mass is 19.1. The lowest BCUT2D eigenvalue weighted by Crippen LogP contribution is -2.22. The first-order chi connectivity index (χ1) is 17.1. The van der Waals surface area contributed by atoms with Gasteiger partial charge in [-0.1, -0.05) is 6.08 Å². The van der Waals surface area contributed by atoms with Crippen molar-refractivity contribution in [3.05, 3.63) is 71.3 Å². The molecule has 0 radical (unpaired) electrons. The number of aromatic nitrogens is 5. The number of amides is 1. The van der Waals surface area contributed by atoms with Crippen LogP contribution in [0.2, 0.25) is 0 Å². The van der Waals surface area contributed by atoms with Gasteiger partial charge in [-0.3, -0.25) is 9.48 Å². The Morgan fingerprint density at radius 3 is 2.64 bits per heavy atom. The Morgan fingerprint density at radius 2 is 1.94 bits per heavy atom. The Hall–Kier alpha value is -3.92. The van der Waals surface area contributed by atoms with Crippen molar-refractivity contribution in [3.8, 4) is 11.3 Å². The molecule has 1 amide bonds. The molecule has 1 aromatic carbocycles. The molecule has 3 aromatic heterocycles. The van der Waals surface area contributed by atoms with Gasteiger partial charge in [0.2, 0.25) is 5.95 Å². The van der Waals surface area contributed by atoms with E-state index in [1.807, 2.05) is 32.9 Å². The number of anilines is 1. The number of aryl methyl sites for hydroxylation is 1. The molecule has 0 spiro atoms. The molecule has 0 saturated heterocycles. The lowest BCUT2D eigenvalue weighted by Gasteiger charge is -2.18. The standard InChI is InChI=1S/C26H26F2N6O2/c1-15-11-20(27)22(30-25(35)19-14-34(26(2,3)4)32-23(19)28)12-17(15)21-13-18(16-5-9-36-10-6-16)24-29-7-8-33(24)31-21/h5,7-8,11-14H,6,9-10H2,1-4H3,(H,30,35). The van der Waals surface area contributed by atoms with Crippen molar-refractivity contribution in [2.45, 2.75) is 39.7 Å². The summed E-state index contributed by atoms with van der Waals surface area (Å²) in [6.45, 7) is 8.41. The van der Waals surface area contributed by atoms with Crippen molar-refractivity contribution in [2.24, 2.45) is 0 Å². The fourth-order valence-electron chi connectivity index (χ4n) is 4.14. The van der Waals surface area contributed by atoms with E-state index in [9.17, 15) is 13.6 Å². The Kier molecular flexibility index (Phi) is 5.91. The zero-order valence-corrected chi connectivity index (χ0v) is 20.5. The number of fused-ring (bicyclic) bond motifs is 1. The highest BCUT2D eigenvalue weighted by molar-refractivity contribution is 6.04. The van der Waals surface area contributed by atoms with Gasteiger partial charge in [0, 0.05) is 29.7 Å². The molecule has 1 N–H and O–H groups in total. The fourth-order valence-corrected chi connectivity index (χ4v) is 4.14. The fraction of sp³-hybridized carbons (Fsp3) is 0.308. The number of nitrogens with zero attached hydrogens (tertiary/aromatic N) is 5. The van der Waals surface area contributed by atoms with E-state index in [4.69, 9.17) is 4.74 Å². The second-order valence-electron chi connectivity index (χ2n) is 9.74. The molecule has 0 atom stereocenters. The average Bonchev–Trinajstić information content (AvgIpc) is 3.47. The number of carbonyl (C=O) groups is 1. The molecule has 5 rings (SSSR count). The molecule has 186 valence electrons. The lowest BCUT2D eigenvalue weighted by molar-refractivity contribution is 0.102. The van der Waals surface area contributed by atoms with Crippen LogP contribution in [0.5, 0.6) is 0 Å². The molecule has 0 bridgehead atoms. The van der Waals surface area contributed by atoms with Gasteiger partial charge in [0.05, 0.1) is 30.1 Å². The topological polar surface area (TPSA) is 86.3 Å². The van der Waals surface area contributed by atoms with Crippen LogP contribution in [0.3, 0.4) is 0 Å². The molecule has 10 heteroatoms. The van der Waals surface area contributed by atoms with Crippen LogP contribution in [-0.4, -0.2) is 43.5 Å². The molecule has 8 nitrogen and oxygen atoms in total. The molecular weight excluding hydrogens is 466 g/mol. The summed E-state index contributed by atoms with van der Waals surface area (Å²) in [7, 11) is 0. The molecule has 1 aliphatic heterocycles. The van der Waals surface area contributed by atoms with Crippen LogP contribution < -0.4 is 5.32 Å². The maximum Gasteiger partial charge on any atom is 0.262 e. The van der Waals surface area contributed by atoms with Crippen LogP contribution in [0.1, 0.15) is 48.7 Å². The summed E-state index contributed by atoms with van der Waals surface area (Å²) in [5, 5.41) is 10.9. The second kappa shape index (κ2) is 8.94. The Bertz CT molecular complexity index is 1510. The zero-order valence-electron chi connectivity index (χ0n) is 20.5. The van der Waals surface area contributed by atoms with Crippen LogP contribution in [-0.2, 0) is 10.3 Å². The van der Waals surface area contributed by atoms with E-state index in [0.717, 1.165) is 17.6 Å². The van der Waals surface area contributed by atoms with Gasteiger partial charge in [-0.05, 0) is 63.5 Å². The van der Waals surface area contributed by atoms with E-state index >= 15 is 0 Å². The van der Waals surface area contributed by atoms with E-state index in [2.05, 4.69) is 20.5 Å². The molecule has 36 heavy (non-hydrogen) atoms. The molecule has 0 saturated carbocycles. The number of benzene rings is 1. The average molecular weight is 493 g/mol. The summed E-state index contributed by atoms with van der Waals surface area (Å²) in [6.07, 6.45) is 7.50. The Labute approximate surface area is 206 Å². The quantitative estimate of drug-likeness (QED) is 0.434. The van der Waals surface area contributed by atoms with Crippen LogP contribution in [0.25, 0.3) is 22.5 Å². The van der Waals surface area contributed by atoms with Gasteiger partial charge in [0.25, 0.3) is 5.91 Å². The molecule has 4 heterocycles. The summed E-state index contributed by atoms with van der Waals surface area (Å²) in [4.78, 5) is 17.3. The molecule has 0 unspecified atom stereocenters. The predicted octanol–water partition coefficient (Wildman–Crippen LogP) is 4.99. The lowest BCUT2D eigenvalue weighted by atomic mass is 9.98. The number of rotatable bonds is 4. The zero-order chi connectivity index (χ0) is 25.6. The number of halogens is 2. The van der Waals surface area contributed by atoms with Crippen molar-refractivity contribution in [1.29, 1.82) is 0 Å². The van der Waals surface area contributed by atoms with Gasteiger partial charge in [-0.25, -0.2) is 13.9 Å². The highest BCUT2D eigenvalue weighted by Gasteiger charge is 2.23. The molecule has 0 fully saturated rings. The first-order valence-electron chi connectivity index (χ1n) is 11.6. The van der Waals surface area contributed by atoms with Crippen LogP contribution >= 0.6 is 0 Å². The van der Waals surface area contributed by atoms with Crippen molar-refractivity contribution in [2.75, 3.05) is 18.5 Å². The van der Waals surface area contributed by atoms with Gasteiger partial charge in [-0.2, -0.15) is 9.49 Å². The predicted molar refractivity (Wildman–Crippen MR) is 132 cm³/mol. The van der Waals surface area contributed by atoms with E-state index in [1.54, 1.807) is 23.8 Å². The van der Waals surface area contributed by atoms with E-state index < -0.39 is 23.2 Å². The van der Waals surface area contributed by atoms with Crippen LogP contribution in [0, 0.1) is 18.7 Å². The van der Waals surface area contributed by atoms with Crippen molar-refractivity contribution in [1.82, 2.24) is 24.4 Å². The Balaban J connectivity index is 1.54. The Morgan fingerprint density at radius 1 is 1.14 bits per heavy atom. The SMILES string of the molecule is Cc1cc(F)c(NC(=O)c2cn(C(C)(C)C)nc2F)cc1-c1cc(C2=CCOCC2)c2nccn2n1. The molecule has 1 aliphatic rings. The van der Waals surface area contributed by atoms with Gasteiger partial charge in [0.1, 0.15) is 11.4 Å². The van der Waals surface area contributed by atoms with Crippen molar-refractivity contribution >= 4 is 22.8 Å². The molecule has 0 aliphatic carbocycles. The minimum Gasteiger partial charge on any atom is -0.377 e. The number of carbonyl (C=O) groups excluding carboxylic acids is 1. The van der Waals surface area contributed by atoms with E-state index in [-0.39, 0.29) is 11.3 Å². The van der Waals surface area contributed by atoms with E-state index in [1.165, 1.54) is 23.0 Å². The van der Waals surface area contributed by atoms with Crippen LogP contribution in [0.4, 0.5) is 14.5 Å². The van der Waals surface area contributed by atoms with Gasteiger partial charge >= 0.3 is 0 Å². The first kappa shape index (κ1) is 23.8. The van der Waals surface area contributed by atoms with Gasteiger partial charge in [0.15, 0.2) is 5.65 Å². The summed E-state index contributed by atoms with van der Waals surface area (Å²) in [6, 6.07) is 4.76. The third-order valence-electron chi connectivity index (χ3n) is 6.11. The first-order valence-corrected chi connectivity index (χ1v) is 11.6. The largest absolute Gasteiger partial charge is 0.377 e. The summed E-state index contributed by atoms with van der Waals surface area (Å²) in [5.74, 6) is -2.34. The molecular formula is C26H26F2N6O2. The smallest absolute Gasteiger partial charge is 0.262 e. The van der Waals surface area contributed by atoms with Crippen LogP contribution in [0.15, 0.2) is 42.9 Å². The third-order valence-corrected chi connectivity index (χ3v) is 6.11. The van der Waals surface area contributed by atoms with Gasteiger partial charge < -0.3 is 10.1 Å². The minimum absolute atomic E-state index is 0.0807. The summed E-state index contributed by atoms with van der Waals surface area (Å²) < 4.78 is 37.8. The van der Waals surface area contributed by atoms with Gasteiger partial charge in [-0.15, -0.1) is 5.10 Å². The monoisotopic (exact) mass is 492 g/mol. The number of imidazole rings is 1. The summed E-state index contributed by atoms with van der Waals surface area (Å²) >= 11 is 0. The van der Waals surface area contributed by atoms with Crippen molar-refractivity contribution < 1.29 is 18.3 Å². The van der Waals surface area contributed by atoms with Crippen molar-refractivity contribution in [3.63, 3.8) is 0 Å². The maximum atomic E-state index is 14.9. The number of nitrogens with one attached hydrogen (secondary N) is 1. The number of hydrogen-bond donors (Lipinski definition) is 1. The minimum atomic E-state index is -0.920. The normalized spacial score (nSPS) is 14.2. The molecule has 4 aromatic rings. The highest BCUT2D eigenvalue weighted by Crippen LogP contribution is 2.32. The van der Waals surface area contributed by atoms with E-state index in [0.29, 0.717) is 35.7 Å². The third kappa shape index (κ3) is 4.39. The second-order valence-corrected chi connectivity index (χ2v) is 9.74. The summed E-state index contributed by atoms with van der Waals surface area (Å²) in [5.41, 5.74) is 3.71. The number of hydrogen-bond acceptors (Lipinski definition) is 5. The number of ether oxygens (including phenoxy) is 1.